The molecule has 6 nitrogen and oxygen atoms in total. The van der Waals surface area contributed by atoms with E-state index in [2.05, 4.69) is 4.90 Å². The van der Waals surface area contributed by atoms with Crippen LogP contribution in [-0.2, 0) is 10.0 Å². The molecule has 1 aliphatic rings. The Morgan fingerprint density at radius 1 is 1.07 bits per heavy atom. The first-order valence-corrected chi connectivity index (χ1v) is 11.0. The van der Waals surface area contributed by atoms with E-state index in [-0.39, 0.29) is 4.90 Å². The number of hydrogen-bond acceptors (Lipinski definition) is 5. The first-order chi connectivity index (χ1) is 13.4. The topological polar surface area (TPSA) is 59.1 Å². The predicted molar refractivity (Wildman–Crippen MR) is 111 cm³/mol. The first-order valence-electron chi connectivity index (χ1n) is 9.19. The van der Waals surface area contributed by atoms with Crippen LogP contribution >= 0.6 is 11.6 Å². The monoisotopic (exact) mass is 424 g/mol. The second-order valence-corrected chi connectivity index (χ2v) is 8.86. The number of rotatable bonds is 6. The average molecular weight is 425 g/mol. The third kappa shape index (κ3) is 4.06. The van der Waals surface area contributed by atoms with Crippen LogP contribution in [0.2, 0.25) is 5.02 Å². The SMILES string of the molecule is CCOc1cc(C)c(Cl)cc1S(=O)(=O)N1CCN(c2ccccc2OC)CC1. The molecule has 28 heavy (non-hydrogen) atoms. The summed E-state index contributed by atoms with van der Waals surface area (Å²) < 4.78 is 39.0. The molecule has 3 rings (SSSR count). The maximum Gasteiger partial charge on any atom is 0.246 e. The minimum atomic E-state index is -3.71. The number of nitrogens with zero attached hydrogens (tertiary/aromatic N) is 2. The summed E-state index contributed by atoms with van der Waals surface area (Å²) in [6.45, 7) is 5.92. The largest absolute Gasteiger partial charge is 0.495 e. The summed E-state index contributed by atoms with van der Waals surface area (Å²) in [5, 5.41) is 0.412. The highest BCUT2D eigenvalue weighted by molar-refractivity contribution is 7.89. The molecule has 0 aromatic heterocycles. The number of ether oxygens (including phenoxy) is 2. The van der Waals surface area contributed by atoms with E-state index in [1.165, 1.54) is 10.4 Å². The second-order valence-electron chi connectivity index (χ2n) is 6.54. The van der Waals surface area contributed by atoms with Crippen LogP contribution in [0.25, 0.3) is 0 Å². The number of para-hydroxylation sites is 2. The molecular weight excluding hydrogens is 400 g/mol. The summed E-state index contributed by atoms with van der Waals surface area (Å²) >= 11 is 6.21. The van der Waals surface area contributed by atoms with Crippen molar-refractivity contribution in [2.24, 2.45) is 0 Å². The van der Waals surface area contributed by atoms with Crippen LogP contribution in [-0.4, -0.2) is 52.6 Å². The quantitative estimate of drug-likeness (QED) is 0.709. The van der Waals surface area contributed by atoms with Crippen molar-refractivity contribution in [3.63, 3.8) is 0 Å². The third-order valence-corrected chi connectivity index (χ3v) is 7.13. The molecule has 2 aromatic rings. The molecule has 8 heteroatoms. The second kappa shape index (κ2) is 8.59. The van der Waals surface area contributed by atoms with E-state index in [1.54, 1.807) is 13.2 Å². The molecule has 0 aliphatic carbocycles. The fourth-order valence-electron chi connectivity index (χ4n) is 3.31. The zero-order chi connectivity index (χ0) is 20.3. The number of aryl methyl sites for hydroxylation is 1. The number of hydrogen-bond donors (Lipinski definition) is 0. The minimum Gasteiger partial charge on any atom is -0.495 e. The van der Waals surface area contributed by atoms with E-state index in [0.717, 1.165) is 17.0 Å². The summed E-state index contributed by atoms with van der Waals surface area (Å²) in [7, 11) is -2.07. The molecule has 1 heterocycles. The molecule has 1 saturated heterocycles. The van der Waals surface area contributed by atoms with Gasteiger partial charge in [0.15, 0.2) is 0 Å². The Morgan fingerprint density at radius 3 is 2.39 bits per heavy atom. The van der Waals surface area contributed by atoms with Crippen molar-refractivity contribution in [3.8, 4) is 11.5 Å². The molecule has 0 unspecified atom stereocenters. The molecule has 0 amide bonds. The van der Waals surface area contributed by atoms with Gasteiger partial charge in [-0.1, -0.05) is 23.7 Å². The molecule has 0 saturated carbocycles. The van der Waals surface area contributed by atoms with Crippen LogP contribution in [0.4, 0.5) is 5.69 Å². The van der Waals surface area contributed by atoms with Crippen LogP contribution < -0.4 is 14.4 Å². The molecule has 0 radical (unpaired) electrons. The maximum atomic E-state index is 13.3. The van der Waals surface area contributed by atoms with Crippen LogP contribution in [0.3, 0.4) is 0 Å². The molecule has 1 aliphatic heterocycles. The Morgan fingerprint density at radius 2 is 1.75 bits per heavy atom. The number of piperazine rings is 1. The van der Waals surface area contributed by atoms with Crippen molar-refractivity contribution in [1.29, 1.82) is 0 Å². The predicted octanol–water partition coefficient (Wildman–Crippen LogP) is 3.57. The van der Waals surface area contributed by atoms with E-state index < -0.39 is 10.0 Å². The van der Waals surface area contributed by atoms with Crippen molar-refractivity contribution in [3.05, 3.63) is 47.0 Å². The smallest absolute Gasteiger partial charge is 0.246 e. The van der Waals surface area contributed by atoms with Crippen molar-refractivity contribution in [2.75, 3.05) is 44.8 Å². The lowest BCUT2D eigenvalue weighted by molar-refractivity contribution is 0.327. The summed E-state index contributed by atoms with van der Waals surface area (Å²) in [5.41, 5.74) is 1.75. The summed E-state index contributed by atoms with van der Waals surface area (Å²) in [5.74, 6) is 1.12. The third-order valence-electron chi connectivity index (χ3n) is 4.81. The lowest BCUT2D eigenvalue weighted by Gasteiger charge is -2.36. The van der Waals surface area contributed by atoms with Gasteiger partial charge in [0.25, 0.3) is 0 Å². The van der Waals surface area contributed by atoms with Gasteiger partial charge >= 0.3 is 0 Å². The van der Waals surface area contributed by atoms with Gasteiger partial charge in [0.2, 0.25) is 10.0 Å². The van der Waals surface area contributed by atoms with Gasteiger partial charge in [-0.15, -0.1) is 0 Å². The van der Waals surface area contributed by atoms with Crippen molar-refractivity contribution < 1.29 is 17.9 Å². The molecule has 0 bridgehead atoms. The Bertz CT molecular complexity index is 941. The minimum absolute atomic E-state index is 0.121. The lowest BCUT2D eigenvalue weighted by atomic mass is 10.2. The van der Waals surface area contributed by atoms with E-state index >= 15 is 0 Å². The summed E-state index contributed by atoms with van der Waals surface area (Å²) in [6.07, 6.45) is 0. The van der Waals surface area contributed by atoms with Crippen molar-refractivity contribution in [1.82, 2.24) is 4.31 Å². The van der Waals surface area contributed by atoms with Gasteiger partial charge in [-0.25, -0.2) is 8.42 Å². The molecule has 0 spiro atoms. The first kappa shape index (κ1) is 20.8. The molecule has 1 fully saturated rings. The van der Waals surface area contributed by atoms with E-state index in [0.29, 0.717) is 43.6 Å². The number of anilines is 1. The zero-order valence-electron chi connectivity index (χ0n) is 16.3. The van der Waals surface area contributed by atoms with Crippen LogP contribution in [0.5, 0.6) is 11.5 Å². The van der Waals surface area contributed by atoms with Gasteiger partial charge in [0, 0.05) is 31.2 Å². The highest BCUT2D eigenvalue weighted by atomic mass is 35.5. The Hall–Kier alpha value is -1.96. The normalized spacial score (nSPS) is 15.5. The molecule has 0 N–H and O–H groups in total. The molecule has 152 valence electrons. The Kier molecular flexibility index (Phi) is 6.37. The molecule has 0 atom stereocenters. The van der Waals surface area contributed by atoms with Crippen LogP contribution in [0.15, 0.2) is 41.3 Å². The standard InChI is InChI=1S/C20H25ClN2O4S/c1-4-27-19-13-15(2)16(21)14-20(19)28(24,25)23-11-9-22(10-12-23)17-7-5-6-8-18(17)26-3/h5-8,13-14H,4,9-12H2,1-3H3. The fraction of sp³-hybridized carbons (Fsp3) is 0.400. The van der Waals surface area contributed by atoms with Crippen LogP contribution in [0, 0.1) is 6.92 Å². The molecular formula is C20H25ClN2O4S. The number of halogens is 1. The van der Waals surface area contributed by atoms with Gasteiger partial charge in [-0.2, -0.15) is 4.31 Å². The Balaban J connectivity index is 1.83. The number of sulfonamides is 1. The summed E-state index contributed by atoms with van der Waals surface area (Å²) in [6, 6.07) is 10.9. The lowest BCUT2D eigenvalue weighted by Crippen LogP contribution is -2.48. The fourth-order valence-corrected chi connectivity index (χ4v) is 5.10. The van der Waals surface area contributed by atoms with E-state index in [1.807, 2.05) is 38.1 Å². The van der Waals surface area contributed by atoms with Gasteiger partial charge in [0.05, 0.1) is 19.4 Å². The van der Waals surface area contributed by atoms with E-state index in [9.17, 15) is 8.42 Å². The average Bonchev–Trinajstić information content (AvgIpc) is 2.70. The highest BCUT2D eigenvalue weighted by Gasteiger charge is 2.32. The van der Waals surface area contributed by atoms with Crippen LogP contribution in [0.1, 0.15) is 12.5 Å². The molecule has 2 aromatic carbocycles. The van der Waals surface area contributed by atoms with E-state index in [4.69, 9.17) is 21.1 Å². The number of methoxy groups -OCH3 is 1. The Labute approximate surface area is 171 Å². The zero-order valence-corrected chi connectivity index (χ0v) is 17.9. The maximum absolute atomic E-state index is 13.3. The highest BCUT2D eigenvalue weighted by Crippen LogP contribution is 2.34. The van der Waals surface area contributed by atoms with Crippen molar-refractivity contribution in [2.45, 2.75) is 18.7 Å². The van der Waals surface area contributed by atoms with Gasteiger partial charge in [-0.05, 0) is 43.7 Å². The van der Waals surface area contributed by atoms with Gasteiger partial charge < -0.3 is 14.4 Å². The van der Waals surface area contributed by atoms with Crippen molar-refractivity contribution >= 4 is 27.3 Å². The van der Waals surface area contributed by atoms with Gasteiger partial charge in [0.1, 0.15) is 16.4 Å². The van der Waals surface area contributed by atoms with Gasteiger partial charge in [-0.3, -0.25) is 0 Å². The number of benzene rings is 2. The summed E-state index contributed by atoms with van der Waals surface area (Å²) in [4.78, 5) is 2.26.